The van der Waals surface area contributed by atoms with E-state index in [0.717, 1.165) is 36.2 Å². The Kier molecular flexibility index (Phi) is 4.34. The van der Waals surface area contributed by atoms with Crippen molar-refractivity contribution in [3.8, 4) is 0 Å². The molecule has 90 valence electrons. The average molecular weight is 295 g/mol. The molecular formula is C13H15BrN2O. The van der Waals surface area contributed by atoms with Crippen molar-refractivity contribution in [1.29, 1.82) is 0 Å². The quantitative estimate of drug-likeness (QED) is 0.845. The molecule has 0 atom stereocenters. The van der Waals surface area contributed by atoms with Gasteiger partial charge in [-0.15, -0.1) is 0 Å². The second kappa shape index (κ2) is 5.98. The van der Waals surface area contributed by atoms with E-state index in [1.54, 1.807) is 6.08 Å². The van der Waals surface area contributed by atoms with Crippen LogP contribution in [0.5, 0.6) is 0 Å². The van der Waals surface area contributed by atoms with E-state index in [4.69, 9.17) is 0 Å². The molecular weight excluding hydrogens is 280 g/mol. The molecule has 0 bridgehead atoms. The number of benzene rings is 1. The summed E-state index contributed by atoms with van der Waals surface area (Å²) in [4.78, 5) is 13.8. The van der Waals surface area contributed by atoms with Crippen molar-refractivity contribution in [2.45, 2.75) is 0 Å². The third-order valence-corrected chi connectivity index (χ3v) is 3.42. The van der Waals surface area contributed by atoms with Crippen LogP contribution in [0.1, 0.15) is 5.56 Å². The molecule has 0 saturated carbocycles. The Hall–Kier alpha value is -1.13. The van der Waals surface area contributed by atoms with Gasteiger partial charge in [0.15, 0.2) is 0 Å². The summed E-state index contributed by atoms with van der Waals surface area (Å²) in [5, 5.41) is 3.23. The van der Waals surface area contributed by atoms with Gasteiger partial charge >= 0.3 is 0 Å². The minimum absolute atomic E-state index is 0.0715. The van der Waals surface area contributed by atoms with Crippen LogP contribution in [-0.2, 0) is 4.79 Å². The lowest BCUT2D eigenvalue weighted by Gasteiger charge is -2.26. The fourth-order valence-corrected chi connectivity index (χ4v) is 2.23. The minimum atomic E-state index is 0.0715. The van der Waals surface area contributed by atoms with Gasteiger partial charge in [0, 0.05) is 36.7 Å². The largest absolute Gasteiger partial charge is 0.337 e. The molecule has 1 aliphatic heterocycles. The predicted octanol–water partition coefficient (Wildman–Crippen LogP) is 1.85. The van der Waals surface area contributed by atoms with Gasteiger partial charge in [0.05, 0.1) is 0 Å². The highest BCUT2D eigenvalue weighted by Crippen LogP contribution is 2.20. The highest BCUT2D eigenvalue weighted by molar-refractivity contribution is 9.15. The Labute approximate surface area is 110 Å². The van der Waals surface area contributed by atoms with Gasteiger partial charge in [-0.25, -0.2) is 0 Å². The normalized spacial score (nSPS) is 17.0. The highest BCUT2D eigenvalue weighted by atomic mass is 79.9. The van der Waals surface area contributed by atoms with Crippen molar-refractivity contribution in [3.05, 3.63) is 42.0 Å². The average Bonchev–Trinajstić information content (AvgIpc) is 2.40. The van der Waals surface area contributed by atoms with Crippen molar-refractivity contribution < 1.29 is 4.79 Å². The highest BCUT2D eigenvalue weighted by Gasteiger charge is 2.14. The van der Waals surface area contributed by atoms with Crippen LogP contribution in [0.4, 0.5) is 0 Å². The van der Waals surface area contributed by atoms with Crippen LogP contribution in [0.2, 0.25) is 0 Å². The Bertz CT molecular complexity index is 411. The monoisotopic (exact) mass is 294 g/mol. The molecule has 0 radical (unpaired) electrons. The van der Waals surface area contributed by atoms with Crippen molar-refractivity contribution in [3.63, 3.8) is 0 Å². The first-order valence-electron chi connectivity index (χ1n) is 5.69. The van der Waals surface area contributed by atoms with Gasteiger partial charge in [0.25, 0.3) is 0 Å². The van der Waals surface area contributed by atoms with Crippen molar-refractivity contribution in [1.82, 2.24) is 10.2 Å². The summed E-state index contributed by atoms with van der Waals surface area (Å²) in [5.74, 6) is 0.0715. The Morgan fingerprint density at radius 3 is 2.53 bits per heavy atom. The van der Waals surface area contributed by atoms with Crippen molar-refractivity contribution in [2.24, 2.45) is 0 Å². The molecule has 1 amide bonds. The zero-order valence-corrected chi connectivity index (χ0v) is 11.1. The molecule has 3 nitrogen and oxygen atoms in total. The topological polar surface area (TPSA) is 32.3 Å². The van der Waals surface area contributed by atoms with E-state index < -0.39 is 0 Å². The van der Waals surface area contributed by atoms with Gasteiger partial charge in [-0.05, 0) is 21.5 Å². The maximum atomic E-state index is 12.0. The summed E-state index contributed by atoms with van der Waals surface area (Å²) in [6, 6.07) is 9.83. The molecule has 0 unspecified atom stereocenters. The molecule has 0 spiro atoms. The van der Waals surface area contributed by atoms with Crippen LogP contribution in [0.3, 0.4) is 0 Å². The molecule has 4 heteroatoms. The van der Waals surface area contributed by atoms with Crippen LogP contribution in [0.15, 0.2) is 36.4 Å². The number of amides is 1. The third kappa shape index (κ3) is 3.41. The van der Waals surface area contributed by atoms with Gasteiger partial charge < -0.3 is 10.2 Å². The van der Waals surface area contributed by atoms with Gasteiger partial charge in [-0.3, -0.25) is 4.79 Å². The van der Waals surface area contributed by atoms with Gasteiger partial charge in [-0.2, -0.15) is 0 Å². The van der Waals surface area contributed by atoms with Crippen LogP contribution in [0, 0.1) is 0 Å². The Balaban J connectivity index is 2.05. The number of halogens is 1. The fraction of sp³-hybridized carbons (Fsp3) is 0.308. The first-order valence-corrected chi connectivity index (χ1v) is 6.49. The van der Waals surface area contributed by atoms with Crippen molar-refractivity contribution >= 4 is 26.3 Å². The molecule has 1 fully saturated rings. The van der Waals surface area contributed by atoms with E-state index in [-0.39, 0.29) is 5.91 Å². The van der Waals surface area contributed by atoms with E-state index in [2.05, 4.69) is 21.2 Å². The maximum Gasteiger partial charge on any atom is 0.247 e. The zero-order chi connectivity index (χ0) is 12.1. The van der Waals surface area contributed by atoms with E-state index in [1.807, 2.05) is 35.2 Å². The summed E-state index contributed by atoms with van der Waals surface area (Å²) in [7, 11) is 0. The summed E-state index contributed by atoms with van der Waals surface area (Å²) in [5.41, 5.74) is 1.02. The maximum absolute atomic E-state index is 12.0. The van der Waals surface area contributed by atoms with E-state index in [9.17, 15) is 4.79 Å². The van der Waals surface area contributed by atoms with E-state index in [1.165, 1.54) is 0 Å². The molecule has 0 aliphatic carbocycles. The number of hydrogen-bond acceptors (Lipinski definition) is 2. The lowest BCUT2D eigenvalue weighted by Crippen LogP contribution is -2.45. The standard InChI is InChI=1S/C13H15BrN2O/c14-12(11-4-2-1-3-5-11)10-13(17)16-8-6-15-7-9-16/h1-5,10,15H,6-9H2. The number of carbonyl (C=O) groups is 1. The smallest absolute Gasteiger partial charge is 0.247 e. The van der Waals surface area contributed by atoms with Crippen molar-refractivity contribution in [2.75, 3.05) is 26.2 Å². The van der Waals surface area contributed by atoms with E-state index >= 15 is 0 Å². The van der Waals surface area contributed by atoms with Crippen LogP contribution < -0.4 is 5.32 Å². The van der Waals surface area contributed by atoms with Crippen LogP contribution >= 0.6 is 15.9 Å². The van der Waals surface area contributed by atoms with Gasteiger partial charge in [0.2, 0.25) is 5.91 Å². The molecule has 0 aromatic heterocycles. The minimum Gasteiger partial charge on any atom is -0.337 e. The molecule has 1 aromatic rings. The summed E-state index contributed by atoms with van der Waals surface area (Å²) < 4.78 is 0.835. The number of hydrogen-bond donors (Lipinski definition) is 1. The Morgan fingerprint density at radius 2 is 1.88 bits per heavy atom. The zero-order valence-electron chi connectivity index (χ0n) is 9.53. The summed E-state index contributed by atoms with van der Waals surface area (Å²) >= 11 is 3.45. The molecule has 1 heterocycles. The summed E-state index contributed by atoms with van der Waals surface area (Å²) in [6.07, 6.45) is 1.65. The van der Waals surface area contributed by atoms with E-state index in [0.29, 0.717) is 0 Å². The fourth-order valence-electron chi connectivity index (χ4n) is 1.77. The molecule has 2 rings (SSSR count). The lowest BCUT2D eigenvalue weighted by molar-refractivity contribution is -0.126. The van der Waals surface area contributed by atoms with Gasteiger partial charge in [-0.1, -0.05) is 30.3 Å². The molecule has 17 heavy (non-hydrogen) atoms. The molecule has 1 N–H and O–H groups in total. The molecule has 1 aliphatic rings. The molecule has 1 aromatic carbocycles. The summed E-state index contributed by atoms with van der Waals surface area (Å²) in [6.45, 7) is 3.32. The number of piperazine rings is 1. The Morgan fingerprint density at radius 1 is 1.24 bits per heavy atom. The van der Waals surface area contributed by atoms with Crippen LogP contribution in [-0.4, -0.2) is 37.0 Å². The first kappa shape index (κ1) is 12.3. The number of carbonyl (C=O) groups excluding carboxylic acids is 1. The molecule has 1 saturated heterocycles. The number of rotatable bonds is 2. The SMILES string of the molecule is O=C(C=C(Br)c1ccccc1)N1CCNCC1. The van der Waals surface area contributed by atoms with Gasteiger partial charge in [0.1, 0.15) is 0 Å². The van der Waals surface area contributed by atoms with Crippen LogP contribution in [0.25, 0.3) is 4.48 Å². The first-order chi connectivity index (χ1) is 8.27. The second-order valence-corrected chi connectivity index (χ2v) is 4.79. The predicted molar refractivity (Wildman–Crippen MR) is 72.8 cm³/mol. The third-order valence-electron chi connectivity index (χ3n) is 2.73. The lowest BCUT2D eigenvalue weighted by atomic mass is 10.2. The number of nitrogens with one attached hydrogen (secondary N) is 1. The number of nitrogens with zero attached hydrogens (tertiary/aromatic N) is 1. The second-order valence-electron chi connectivity index (χ2n) is 3.93.